The Bertz CT molecular complexity index is 1340. The summed E-state index contributed by atoms with van der Waals surface area (Å²) in [4.78, 5) is 29.4. The van der Waals surface area contributed by atoms with Crippen molar-refractivity contribution in [2.45, 2.75) is 57.7 Å². The number of anilines is 1. The molecule has 1 aliphatic rings. The van der Waals surface area contributed by atoms with Crippen molar-refractivity contribution in [3.05, 3.63) is 102 Å². The van der Waals surface area contributed by atoms with Gasteiger partial charge in [0, 0.05) is 19.0 Å². The molecule has 0 aromatic heterocycles. The van der Waals surface area contributed by atoms with Gasteiger partial charge in [-0.25, -0.2) is 8.42 Å². The predicted molar refractivity (Wildman–Crippen MR) is 155 cm³/mol. The lowest BCUT2D eigenvalue weighted by atomic mass is 10.0. The molecule has 1 N–H and O–H groups in total. The topological polar surface area (TPSA) is 86.8 Å². The Labute approximate surface area is 231 Å². The van der Waals surface area contributed by atoms with Gasteiger partial charge in [-0.2, -0.15) is 0 Å². The summed E-state index contributed by atoms with van der Waals surface area (Å²) in [5, 5.41) is 3.18. The van der Waals surface area contributed by atoms with Crippen LogP contribution in [0.2, 0.25) is 0 Å². The Hall–Kier alpha value is -3.65. The van der Waals surface area contributed by atoms with Gasteiger partial charge in [-0.1, -0.05) is 91.2 Å². The van der Waals surface area contributed by atoms with E-state index in [9.17, 15) is 18.0 Å². The Morgan fingerprint density at radius 3 is 2.05 bits per heavy atom. The fourth-order valence-electron chi connectivity index (χ4n) is 5.02. The number of sulfonamides is 1. The van der Waals surface area contributed by atoms with Gasteiger partial charge >= 0.3 is 0 Å². The standard InChI is InChI=1S/C31H37N3O4S/c1-24-17-19-26(20-18-24)22-33(30(35)23-34(39(2,37)38)28-15-7-4-8-16-28)29(21-25-11-5-3-6-12-25)31(36)32-27-13-9-10-14-27/h3-8,11-12,15-20,27,29H,9-10,13-14,21-23H2,1-2H3,(H,32,36). The lowest BCUT2D eigenvalue weighted by Crippen LogP contribution is -2.54. The van der Waals surface area contributed by atoms with Gasteiger partial charge in [-0.3, -0.25) is 13.9 Å². The number of aryl methyl sites for hydroxylation is 1. The molecule has 39 heavy (non-hydrogen) atoms. The molecule has 1 atom stereocenters. The van der Waals surface area contributed by atoms with Crippen LogP contribution in [0.25, 0.3) is 0 Å². The van der Waals surface area contributed by atoms with E-state index in [1.165, 1.54) is 0 Å². The van der Waals surface area contributed by atoms with Crippen LogP contribution in [-0.2, 0) is 32.6 Å². The van der Waals surface area contributed by atoms with E-state index in [4.69, 9.17) is 0 Å². The largest absolute Gasteiger partial charge is 0.352 e. The van der Waals surface area contributed by atoms with Gasteiger partial charge in [-0.05, 0) is 43.0 Å². The van der Waals surface area contributed by atoms with E-state index in [1.54, 1.807) is 35.2 Å². The zero-order chi connectivity index (χ0) is 27.8. The maximum absolute atomic E-state index is 14.1. The first-order valence-corrected chi connectivity index (χ1v) is 15.3. The second kappa shape index (κ2) is 12.9. The maximum Gasteiger partial charge on any atom is 0.244 e. The molecule has 0 bridgehead atoms. The van der Waals surface area contributed by atoms with E-state index in [2.05, 4.69) is 5.32 Å². The Kier molecular flexibility index (Phi) is 9.41. The number of hydrogen-bond acceptors (Lipinski definition) is 4. The second-order valence-corrected chi connectivity index (χ2v) is 12.2. The number of amides is 2. The van der Waals surface area contributed by atoms with Gasteiger partial charge in [0.15, 0.2) is 0 Å². The number of nitrogens with zero attached hydrogens (tertiary/aromatic N) is 2. The molecule has 8 heteroatoms. The van der Waals surface area contributed by atoms with Gasteiger partial charge in [0.05, 0.1) is 11.9 Å². The molecule has 0 heterocycles. The number of para-hydroxylation sites is 1. The normalized spacial score (nSPS) is 14.5. The van der Waals surface area contributed by atoms with E-state index in [0.29, 0.717) is 12.1 Å². The molecule has 0 radical (unpaired) electrons. The molecule has 3 aromatic rings. The minimum absolute atomic E-state index is 0.0870. The molecule has 1 fully saturated rings. The smallest absolute Gasteiger partial charge is 0.244 e. The highest BCUT2D eigenvalue weighted by Crippen LogP contribution is 2.22. The zero-order valence-electron chi connectivity index (χ0n) is 22.6. The van der Waals surface area contributed by atoms with Crippen LogP contribution in [-0.4, -0.2) is 50.0 Å². The summed E-state index contributed by atoms with van der Waals surface area (Å²) in [6.07, 6.45) is 5.39. The van der Waals surface area contributed by atoms with Gasteiger partial charge in [0.2, 0.25) is 21.8 Å². The average molecular weight is 548 g/mol. The van der Waals surface area contributed by atoms with Crippen molar-refractivity contribution in [3.8, 4) is 0 Å². The van der Waals surface area contributed by atoms with Crippen molar-refractivity contribution >= 4 is 27.5 Å². The quantitative estimate of drug-likeness (QED) is 0.384. The van der Waals surface area contributed by atoms with Crippen LogP contribution in [0.3, 0.4) is 0 Å². The minimum Gasteiger partial charge on any atom is -0.352 e. The Morgan fingerprint density at radius 2 is 1.46 bits per heavy atom. The number of benzene rings is 3. The summed E-state index contributed by atoms with van der Waals surface area (Å²) in [6, 6.07) is 25.3. The molecular formula is C31H37N3O4S. The SMILES string of the molecule is Cc1ccc(CN(C(=O)CN(c2ccccc2)S(C)(=O)=O)C(Cc2ccccc2)C(=O)NC2CCCC2)cc1. The summed E-state index contributed by atoms with van der Waals surface area (Å²) in [5.74, 6) is -0.649. The van der Waals surface area contributed by atoms with Crippen molar-refractivity contribution in [2.75, 3.05) is 17.1 Å². The molecule has 0 saturated heterocycles. The van der Waals surface area contributed by atoms with Crippen molar-refractivity contribution in [3.63, 3.8) is 0 Å². The molecule has 1 aliphatic carbocycles. The minimum atomic E-state index is -3.76. The lowest BCUT2D eigenvalue weighted by molar-refractivity contribution is -0.140. The fourth-order valence-corrected chi connectivity index (χ4v) is 5.87. The molecule has 2 amide bonds. The van der Waals surface area contributed by atoms with Crippen LogP contribution in [0.5, 0.6) is 0 Å². The summed E-state index contributed by atoms with van der Waals surface area (Å²) in [5.41, 5.74) is 3.28. The third-order valence-corrected chi connectivity index (χ3v) is 8.31. The number of hydrogen-bond donors (Lipinski definition) is 1. The fraction of sp³-hybridized carbons (Fsp3) is 0.355. The maximum atomic E-state index is 14.1. The number of nitrogens with one attached hydrogen (secondary N) is 1. The van der Waals surface area contributed by atoms with Crippen molar-refractivity contribution < 1.29 is 18.0 Å². The third kappa shape index (κ3) is 7.93. The molecule has 206 valence electrons. The van der Waals surface area contributed by atoms with Crippen LogP contribution in [0.4, 0.5) is 5.69 Å². The molecular weight excluding hydrogens is 510 g/mol. The molecule has 7 nitrogen and oxygen atoms in total. The zero-order valence-corrected chi connectivity index (χ0v) is 23.4. The first-order valence-electron chi connectivity index (χ1n) is 13.4. The van der Waals surface area contributed by atoms with Crippen LogP contribution < -0.4 is 9.62 Å². The van der Waals surface area contributed by atoms with Gasteiger partial charge in [-0.15, -0.1) is 0 Å². The average Bonchev–Trinajstić information content (AvgIpc) is 3.43. The Morgan fingerprint density at radius 1 is 0.872 bits per heavy atom. The summed E-state index contributed by atoms with van der Waals surface area (Å²) >= 11 is 0. The summed E-state index contributed by atoms with van der Waals surface area (Å²) in [6.45, 7) is 1.77. The molecule has 4 rings (SSSR count). The van der Waals surface area contributed by atoms with Crippen molar-refractivity contribution in [1.29, 1.82) is 0 Å². The van der Waals surface area contributed by atoms with E-state index in [1.807, 2.05) is 61.5 Å². The van der Waals surface area contributed by atoms with Gasteiger partial charge in [0.1, 0.15) is 12.6 Å². The highest BCUT2D eigenvalue weighted by atomic mass is 32.2. The summed E-state index contributed by atoms with van der Waals surface area (Å²) < 4.78 is 26.7. The summed E-state index contributed by atoms with van der Waals surface area (Å²) in [7, 11) is -3.76. The van der Waals surface area contributed by atoms with E-state index < -0.39 is 28.5 Å². The monoisotopic (exact) mass is 547 g/mol. The van der Waals surface area contributed by atoms with Gasteiger partial charge < -0.3 is 10.2 Å². The van der Waals surface area contributed by atoms with Crippen LogP contribution >= 0.6 is 0 Å². The van der Waals surface area contributed by atoms with E-state index in [0.717, 1.165) is 52.9 Å². The predicted octanol–water partition coefficient (Wildman–Crippen LogP) is 4.46. The number of rotatable bonds is 11. The van der Waals surface area contributed by atoms with Crippen LogP contribution in [0.1, 0.15) is 42.4 Å². The molecule has 1 unspecified atom stereocenters. The molecule has 3 aromatic carbocycles. The highest BCUT2D eigenvalue weighted by molar-refractivity contribution is 7.92. The van der Waals surface area contributed by atoms with Crippen molar-refractivity contribution in [1.82, 2.24) is 10.2 Å². The number of carbonyl (C=O) groups is 2. The molecule has 0 aliphatic heterocycles. The van der Waals surface area contributed by atoms with E-state index in [-0.39, 0.29) is 18.5 Å². The first kappa shape index (κ1) is 28.4. The number of carbonyl (C=O) groups excluding carboxylic acids is 2. The highest BCUT2D eigenvalue weighted by Gasteiger charge is 2.34. The van der Waals surface area contributed by atoms with Crippen LogP contribution in [0.15, 0.2) is 84.9 Å². The van der Waals surface area contributed by atoms with Crippen LogP contribution in [0, 0.1) is 6.92 Å². The lowest BCUT2D eigenvalue weighted by Gasteiger charge is -2.34. The second-order valence-electron chi connectivity index (χ2n) is 10.3. The van der Waals surface area contributed by atoms with Crippen molar-refractivity contribution in [2.24, 2.45) is 0 Å². The Balaban J connectivity index is 1.70. The van der Waals surface area contributed by atoms with E-state index >= 15 is 0 Å². The third-order valence-electron chi connectivity index (χ3n) is 7.17. The molecule has 0 spiro atoms. The first-order chi connectivity index (χ1) is 18.7. The van der Waals surface area contributed by atoms with Gasteiger partial charge in [0.25, 0.3) is 0 Å². The molecule has 1 saturated carbocycles.